The number of carboxylic acid groups (broad SMARTS) is 1. The highest BCUT2D eigenvalue weighted by Crippen LogP contribution is 2.39. The Morgan fingerprint density at radius 2 is 1.57 bits per heavy atom. The van der Waals surface area contributed by atoms with Gasteiger partial charge in [0.2, 0.25) is 5.91 Å². The van der Waals surface area contributed by atoms with Crippen molar-refractivity contribution in [3.63, 3.8) is 0 Å². The number of amides is 1. The molecule has 0 heterocycles. The molecule has 1 unspecified atom stereocenters. The number of carbonyl (C=O) groups excluding carboxylic acids is 1. The van der Waals surface area contributed by atoms with Crippen LogP contribution >= 0.6 is 0 Å². The molecule has 0 aromatic heterocycles. The molecule has 1 atom stereocenters. The summed E-state index contributed by atoms with van der Waals surface area (Å²) in [5.74, 6) is 1.35. The molecule has 0 bridgehead atoms. The third kappa shape index (κ3) is 6.61. The predicted octanol–water partition coefficient (Wildman–Crippen LogP) is 5.27. The molecule has 3 aromatic carbocycles. The first-order valence-electron chi connectivity index (χ1n) is 12.5. The minimum atomic E-state index is -0.995. The van der Waals surface area contributed by atoms with Crippen LogP contribution in [0.5, 0.6) is 17.2 Å². The van der Waals surface area contributed by atoms with Crippen molar-refractivity contribution in [2.45, 2.75) is 44.1 Å². The van der Waals surface area contributed by atoms with Gasteiger partial charge in [0.05, 0.1) is 20.3 Å². The molecule has 1 aliphatic carbocycles. The van der Waals surface area contributed by atoms with Gasteiger partial charge in [0, 0.05) is 6.42 Å². The number of rotatable bonds is 11. The Morgan fingerprint density at radius 1 is 0.946 bits per heavy atom. The minimum absolute atomic E-state index is 0.0259. The predicted molar refractivity (Wildman–Crippen MR) is 140 cm³/mol. The standard InChI is InChI=1S/C30H33NO6/c1-35-23-14-9-21(10-15-23)30(22-11-16-24(36-2)17-12-22)31-28(32)18-13-20-5-3-7-26-25(20)6-4-8-27(26)37-19-29(33)34/h4,6,8-12,14-17,20,30H,3,5,7,13,18-19H2,1-2H3,(H,31,32)(H,33,34). The Bertz CT molecular complexity index is 1160. The van der Waals surface area contributed by atoms with Crippen molar-refractivity contribution >= 4 is 11.9 Å². The second-order valence-electron chi connectivity index (χ2n) is 9.18. The van der Waals surface area contributed by atoms with Gasteiger partial charge in [-0.3, -0.25) is 4.79 Å². The fourth-order valence-electron chi connectivity index (χ4n) is 4.98. The van der Waals surface area contributed by atoms with Gasteiger partial charge < -0.3 is 24.6 Å². The van der Waals surface area contributed by atoms with E-state index in [1.54, 1.807) is 14.2 Å². The van der Waals surface area contributed by atoms with E-state index in [-0.39, 0.29) is 24.5 Å². The van der Waals surface area contributed by atoms with Crippen molar-refractivity contribution in [3.05, 3.63) is 89.0 Å². The highest BCUT2D eigenvalue weighted by molar-refractivity contribution is 5.77. The van der Waals surface area contributed by atoms with Crippen molar-refractivity contribution < 1.29 is 28.9 Å². The van der Waals surface area contributed by atoms with Crippen molar-refractivity contribution in [2.75, 3.05) is 20.8 Å². The molecular formula is C30H33NO6. The van der Waals surface area contributed by atoms with Crippen molar-refractivity contribution in [1.29, 1.82) is 0 Å². The SMILES string of the molecule is COc1ccc(C(NC(=O)CCC2CCCc3c(OCC(=O)O)cccc32)c2ccc(OC)cc2)cc1. The maximum absolute atomic E-state index is 13.2. The van der Waals surface area contributed by atoms with Crippen LogP contribution in [0.2, 0.25) is 0 Å². The molecule has 7 heteroatoms. The van der Waals surface area contributed by atoms with Crippen LogP contribution in [0.1, 0.15) is 59.9 Å². The van der Waals surface area contributed by atoms with Crippen molar-refractivity contribution in [3.8, 4) is 17.2 Å². The second-order valence-corrected chi connectivity index (χ2v) is 9.18. The van der Waals surface area contributed by atoms with Crippen LogP contribution in [-0.4, -0.2) is 37.8 Å². The fourth-order valence-corrected chi connectivity index (χ4v) is 4.98. The number of carbonyl (C=O) groups is 2. The van der Waals surface area contributed by atoms with Crippen LogP contribution in [0, 0.1) is 0 Å². The summed E-state index contributed by atoms with van der Waals surface area (Å²) in [6, 6.07) is 20.9. The molecule has 3 aromatic rings. The third-order valence-electron chi connectivity index (χ3n) is 6.86. The molecule has 1 amide bonds. The second kappa shape index (κ2) is 12.3. The van der Waals surface area contributed by atoms with E-state index in [2.05, 4.69) is 11.4 Å². The van der Waals surface area contributed by atoms with E-state index in [4.69, 9.17) is 19.3 Å². The number of hydrogen-bond donors (Lipinski definition) is 2. The smallest absolute Gasteiger partial charge is 0.341 e. The van der Waals surface area contributed by atoms with Gasteiger partial charge in [-0.05, 0) is 84.2 Å². The number of aliphatic carboxylic acids is 1. The van der Waals surface area contributed by atoms with E-state index in [0.29, 0.717) is 18.6 Å². The summed E-state index contributed by atoms with van der Waals surface area (Å²) in [4.78, 5) is 24.2. The molecule has 0 saturated heterocycles. The molecule has 1 aliphatic rings. The van der Waals surface area contributed by atoms with Crippen LogP contribution in [0.4, 0.5) is 0 Å². The average Bonchev–Trinajstić information content (AvgIpc) is 2.93. The minimum Gasteiger partial charge on any atom is -0.497 e. The monoisotopic (exact) mass is 503 g/mol. The van der Waals surface area contributed by atoms with Crippen LogP contribution in [0.25, 0.3) is 0 Å². The molecule has 0 radical (unpaired) electrons. The Morgan fingerprint density at radius 3 is 2.14 bits per heavy atom. The maximum Gasteiger partial charge on any atom is 0.341 e. The normalized spacial score (nSPS) is 14.5. The average molecular weight is 504 g/mol. The molecular weight excluding hydrogens is 470 g/mol. The Balaban J connectivity index is 1.47. The number of benzene rings is 3. The molecule has 37 heavy (non-hydrogen) atoms. The summed E-state index contributed by atoms with van der Waals surface area (Å²) >= 11 is 0. The summed E-state index contributed by atoms with van der Waals surface area (Å²) in [7, 11) is 3.25. The Labute approximate surface area is 217 Å². The van der Waals surface area contributed by atoms with Crippen LogP contribution in [0.15, 0.2) is 66.7 Å². The zero-order chi connectivity index (χ0) is 26.2. The lowest BCUT2D eigenvalue weighted by molar-refractivity contribution is -0.139. The van der Waals surface area contributed by atoms with E-state index in [0.717, 1.165) is 53.0 Å². The maximum atomic E-state index is 13.2. The Kier molecular flexibility index (Phi) is 8.67. The lowest BCUT2D eigenvalue weighted by Crippen LogP contribution is -2.29. The molecule has 194 valence electrons. The van der Waals surface area contributed by atoms with E-state index in [1.807, 2.05) is 60.7 Å². The van der Waals surface area contributed by atoms with Gasteiger partial charge in [0.25, 0.3) is 0 Å². The van der Waals surface area contributed by atoms with Gasteiger partial charge in [0.15, 0.2) is 6.61 Å². The zero-order valence-electron chi connectivity index (χ0n) is 21.2. The largest absolute Gasteiger partial charge is 0.497 e. The quantitative estimate of drug-likeness (QED) is 0.370. The Hall–Kier alpha value is -4.00. The summed E-state index contributed by atoms with van der Waals surface area (Å²) in [5.41, 5.74) is 4.14. The van der Waals surface area contributed by atoms with Gasteiger partial charge in [0.1, 0.15) is 17.2 Å². The molecule has 0 spiro atoms. The van der Waals surface area contributed by atoms with Crippen molar-refractivity contribution in [2.24, 2.45) is 0 Å². The highest BCUT2D eigenvalue weighted by Gasteiger charge is 2.25. The molecule has 2 N–H and O–H groups in total. The topological polar surface area (TPSA) is 94.1 Å². The molecule has 4 rings (SSSR count). The first-order chi connectivity index (χ1) is 18.0. The first-order valence-corrected chi connectivity index (χ1v) is 12.5. The lowest BCUT2D eigenvalue weighted by atomic mass is 9.80. The van der Waals surface area contributed by atoms with Crippen LogP contribution in [0.3, 0.4) is 0 Å². The number of hydrogen-bond acceptors (Lipinski definition) is 5. The summed E-state index contributed by atoms with van der Waals surface area (Å²) in [6.07, 6.45) is 3.91. The van der Waals surface area contributed by atoms with Crippen molar-refractivity contribution in [1.82, 2.24) is 5.32 Å². The molecule has 0 aliphatic heterocycles. The van der Waals surface area contributed by atoms with Gasteiger partial charge >= 0.3 is 5.97 Å². The lowest BCUT2D eigenvalue weighted by Gasteiger charge is -2.27. The zero-order valence-corrected chi connectivity index (χ0v) is 21.2. The van der Waals surface area contributed by atoms with E-state index < -0.39 is 5.97 Å². The number of fused-ring (bicyclic) bond motifs is 1. The molecule has 0 saturated carbocycles. The summed E-state index contributed by atoms with van der Waals surface area (Å²) < 4.78 is 16.1. The van der Waals surface area contributed by atoms with Gasteiger partial charge in [-0.15, -0.1) is 0 Å². The molecule has 7 nitrogen and oxygen atoms in total. The van der Waals surface area contributed by atoms with E-state index >= 15 is 0 Å². The van der Waals surface area contributed by atoms with E-state index in [9.17, 15) is 9.59 Å². The summed E-state index contributed by atoms with van der Waals surface area (Å²) in [6.45, 7) is -0.359. The van der Waals surface area contributed by atoms with Gasteiger partial charge in [-0.1, -0.05) is 36.4 Å². The van der Waals surface area contributed by atoms with E-state index in [1.165, 1.54) is 0 Å². The number of ether oxygens (including phenoxy) is 3. The third-order valence-corrected chi connectivity index (χ3v) is 6.86. The summed E-state index contributed by atoms with van der Waals surface area (Å²) in [5, 5.41) is 12.2. The number of carboxylic acids is 1. The van der Waals surface area contributed by atoms with Crippen LogP contribution < -0.4 is 19.5 Å². The number of methoxy groups -OCH3 is 2. The number of nitrogens with one attached hydrogen (secondary N) is 1. The van der Waals surface area contributed by atoms with Crippen LogP contribution in [-0.2, 0) is 16.0 Å². The van der Waals surface area contributed by atoms with Gasteiger partial charge in [-0.2, -0.15) is 0 Å². The first kappa shape index (κ1) is 26.1. The molecule has 0 fully saturated rings. The fraction of sp³-hybridized carbons (Fsp3) is 0.333. The van der Waals surface area contributed by atoms with Gasteiger partial charge in [-0.25, -0.2) is 4.79 Å². The highest BCUT2D eigenvalue weighted by atomic mass is 16.5.